The number of hydrogen-bond acceptors (Lipinski definition) is 4. The number of carbonyl (C=O) groups excluding carboxylic acids is 2. The predicted molar refractivity (Wildman–Crippen MR) is 105 cm³/mol. The zero-order chi connectivity index (χ0) is 19.0. The molecule has 0 spiro atoms. The number of esters is 1. The molecule has 2 aliphatic heterocycles. The molecule has 27 heavy (non-hydrogen) atoms. The maximum Gasteiger partial charge on any atom is 0.336 e. The molecule has 2 aliphatic rings. The van der Waals surface area contributed by atoms with Crippen molar-refractivity contribution in [1.29, 1.82) is 0 Å². The van der Waals surface area contributed by atoms with Crippen molar-refractivity contribution in [3.8, 4) is 5.75 Å². The average Bonchev–Trinajstić information content (AvgIpc) is 3.05. The molecular formula is C21H18BrNO4. The lowest BCUT2D eigenvalue weighted by Crippen LogP contribution is -2.37. The maximum atomic E-state index is 13.1. The van der Waals surface area contributed by atoms with Crippen molar-refractivity contribution in [1.82, 2.24) is 0 Å². The van der Waals surface area contributed by atoms with E-state index >= 15 is 0 Å². The van der Waals surface area contributed by atoms with Gasteiger partial charge in [0, 0.05) is 28.1 Å². The third kappa shape index (κ3) is 3.14. The van der Waals surface area contributed by atoms with Crippen LogP contribution in [0.15, 0.2) is 64.3 Å². The number of anilines is 1. The lowest BCUT2D eigenvalue weighted by Gasteiger charge is -2.32. The average molecular weight is 428 g/mol. The standard InChI is InChI=1S/C21H18BrNO4/c1-2-26-18-6-4-3-5-15(18)16-11-19(24)23(14-9-7-13(22)8-10-14)17-12-27-21(25)20(16)17/h3-10,16H,2,11-12H2,1H3/t16-/m0/s1. The van der Waals surface area contributed by atoms with Crippen molar-refractivity contribution in [3.05, 3.63) is 69.8 Å². The van der Waals surface area contributed by atoms with Crippen LogP contribution in [0.4, 0.5) is 5.69 Å². The van der Waals surface area contributed by atoms with Crippen LogP contribution in [-0.4, -0.2) is 25.1 Å². The van der Waals surface area contributed by atoms with E-state index in [0.717, 1.165) is 15.7 Å². The molecular weight excluding hydrogens is 410 g/mol. The monoisotopic (exact) mass is 427 g/mol. The second-order valence-corrected chi connectivity index (χ2v) is 7.29. The normalized spacial score (nSPS) is 19.2. The van der Waals surface area contributed by atoms with Gasteiger partial charge in [-0.15, -0.1) is 0 Å². The Morgan fingerprint density at radius 1 is 1.15 bits per heavy atom. The van der Waals surface area contributed by atoms with E-state index in [2.05, 4.69) is 15.9 Å². The minimum Gasteiger partial charge on any atom is -0.494 e. The smallest absolute Gasteiger partial charge is 0.336 e. The van der Waals surface area contributed by atoms with Crippen molar-refractivity contribution < 1.29 is 19.1 Å². The number of cyclic esters (lactones) is 1. The summed E-state index contributed by atoms with van der Waals surface area (Å²) in [5, 5.41) is 0. The van der Waals surface area contributed by atoms with Gasteiger partial charge in [-0.25, -0.2) is 4.79 Å². The van der Waals surface area contributed by atoms with Crippen LogP contribution in [0, 0.1) is 0 Å². The van der Waals surface area contributed by atoms with Gasteiger partial charge >= 0.3 is 5.97 Å². The number of ether oxygens (including phenoxy) is 2. The van der Waals surface area contributed by atoms with Gasteiger partial charge in [0.25, 0.3) is 0 Å². The van der Waals surface area contributed by atoms with Gasteiger partial charge in [0.1, 0.15) is 12.4 Å². The van der Waals surface area contributed by atoms with Crippen molar-refractivity contribution in [3.63, 3.8) is 0 Å². The van der Waals surface area contributed by atoms with E-state index in [1.165, 1.54) is 0 Å². The van der Waals surface area contributed by atoms with E-state index in [4.69, 9.17) is 9.47 Å². The maximum absolute atomic E-state index is 13.1. The second kappa shape index (κ2) is 7.19. The highest BCUT2D eigenvalue weighted by molar-refractivity contribution is 9.10. The van der Waals surface area contributed by atoms with Crippen LogP contribution < -0.4 is 9.64 Å². The Bertz CT molecular complexity index is 935. The van der Waals surface area contributed by atoms with Gasteiger partial charge in [0.05, 0.1) is 17.9 Å². The first-order chi connectivity index (χ1) is 13.1. The van der Waals surface area contributed by atoms with Crippen molar-refractivity contribution in [2.75, 3.05) is 18.1 Å². The van der Waals surface area contributed by atoms with Crippen LogP contribution in [-0.2, 0) is 14.3 Å². The number of para-hydroxylation sites is 1. The van der Waals surface area contributed by atoms with E-state index in [1.54, 1.807) is 4.90 Å². The first-order valence-corrected chi connectivity index (χ1v) is 9.60. The van der Waals surface area contributed by atoms with Crippen LogP contribution in [0.5, 0.6) is 5.75 Å². The topological polar surface area (TPSA) is 55.8 Å². The number of rotatable bonds is 4. The van der Waals surface area contributed by atoms with Gasteiger partial charge in [0.2, 0.25) is 5.91 Å². The lowest BCUT2D eigenvalue weighted by molar-refractivity contribution is -0.136. The second-order valence-electron chi connectivity index (χ2n) is 6.37. The number of halogens is 1. The number of carbonyl (C=O) groups is 2. The fourth-order valence-electron chi connectivity index (χ4n) is 3.66. The minimum atomic E-state index is -0.365. The zero-order valence-corrected chi connectivity index (χ0v) is 16.4. The summed E-state index contributed by atoms with van der Waals surface area (Å²) >= 11 is 3.41. The molecule has 5 nitrogen and oxygen atoms in total. The number of hydrogen-bond donors (Lipinski definition) is 0. The van der Waals surface area contributed by atoms with E-state index in [0.29, 0.717) is 23.6 Å². The minimum absolute atomic E-state index is 0.0642. The third-order valence-electron chi connectivity index (χ3n) is 4.80. The Morgan fingerprint density at radius 3 is 2.63 bits per heavy atom. The van der Waals surface area contributed by atoms with Gasteiger partial charge < -0.3 is 9.47 Å². The van der Waals surface area contributed by atoms with Gasteiger partial charge in [-0.05, 0) is 37.3 Å². The summed E-state index contributed by atoms with van der Waals surface area (Å²) in [7, 11) is 0. The molecule has 0 aliphatic carbocycles. The van der Waals surface area contributed by atoms with Crippen LogP contribution in [0.2, 0.25) is 0 Å². The van der Waals surface area contributed by atoms with Crippen molar-refractivity contribution >= 4 is 33.5 Å². The van der Waals surface area contributed by atoms with Crippen LogP contribution in [0.3, 0.4) is 0 Å². The van der Waals surface area contributed by atoms with Gasteiger partial charge in [0.15, 0.2) is 0 Å². The van der Waals surface area contributed by atoms with Crippen LogP contribution in [0.25, 0.3) is 0 Å². The SMILES string of the molecule is CCOc1ccccc1[C@@H]1CC(=O)N(c2ccc(Br)cc2)C2=C1C(=O)OC2. The Kier molecular flexibility index (Phi) is 4.74. The number of amides is 1. The van der Waals surface area contributed by atoms with Gasteiger partial charge in [-0.2, -0.15) is 0 Å². The molecule has 0 saturated heterocycles. The number of nitrogens with zero attached hydrogens (tertiary/aromatic N) is 1. The number of benzene rings is 2. The summed E-state index contributed by atoms with van der Waals surface area (Å²) in [5.41, 5.74) is 2.74. The lowest BCUT2D eigenvalue weighted by atomic mass is 9.83. The molecule has 0 unspecified atom stereocenters. The highest BCUT2D eigenvalue weighted by Gasteiger charge is 2.43. The van der Waals surface area contributed by atoms with Gasteiger partial charge in [-0.1, -0.05) is 34.1 Å². The molecule has 0 bridgehead atoms. The Labute approximate surface area is 165 Å². The quantitative estimate of drug-likeness (QED) is 0.686. The summed E-state index contributed by atoms with van der Waals surface area (Å²) in [4.78, 5) is 27.2. The molecule has 4 rings (SSSR count). The molecule has 138 valence electrons. The van der Waals surface area contributed by atoms with Crippen LogP contribution >= 0.6 is 15.9 Å². The molecule has 2 heterocycles. The fourth-order valence-corrected chi connectivity index (χ4v) is 3.93. The van der Waals surface area contributed by atoms with E-state index in [1.807, 2.05) is 55.5 Å². The van der Waals surface area contributed by atoms with Crippen molar-refractivity contribution in [2.24, 2.45) is 0 Å². The highest BCUT2D eigenvalue weighted by Crippen LogP contribution is 2.44. The first-order valence-electron chi connectivity index (χ1n) is 8.80. The Morgan fingerprint density at radius 2 is 1.89 bits per heavy atom. The molecule has 0 N–H and O–H groups in total. The summed E-state index contributed by atoms with van der Waals surface area (Å²) < 4.78 is 12.0. The largest absolute Gasteiger partial charge is 0.494 e. The van der Waals surface area contributed by atoms with E-state index < -0.39 is 0 Å². The summed E-state index contributed by atoms with van der Waals surface area (Å²) in [6.07, 6.45) is 0.189. The molecule has 0 radical (unpaired) electrons. The molecule has 6 heteroatoms. The molecule has 0 saturated carbocycles. The predicted octanol–water partition coefficient (Wildman–Crippen LogP) is 4.18. The third-order valence-corrected chi connectivity index (χ3v) is 5.33. The summed E-state index contributed by atoms with van der Waals surface area (Å²) in [6, 6.07) is 15.0. The van der Waals surface area contributed by atoms with E-state index in [-0.39, 0.29) is 30.8 Å². The molecule has 0 aromatic heterocycles. The summed E-state index contributed by atoms with van der Waals surface area (Å²) in [5.74, 6) is -0.0972. The Balaban J connectivity index is 1.82. The summed E-state index contributed by atoms with van der Waals surface area (Å²) in [6.45, 7) is 2.52. The van der Waals surface area contributed by atoms with E-state index in [9.17, 15) is 9.59 Å². The molecule has 2 aromatic carbocycles. The fraction of sp³-hybridized carbons (Fsp3) is 0.238. The van der Waals surface area contributed by atoms with Crippen LogP contribution in [0.1, 0.15) is 24.8 Å². The zero-order valence-electron chi connectivity index (χ0n) is 14.8. The van der Waals surface area contributed by atoms with Gasteiger partial charge in [-0.3, -0.25) is 9.69 Å². The highest BCUT2D eigenvalue weighted by atomic mass is 79.9. The molecule has 2 aromatic rings. The molecule has 1 atom stereocenters. The Hall–Kier alpha value is -2.60. The van der Waals surface area contributed by atoms with Crippen molar-refractivity contribution in [2.45, 2.75) is 19.3 Å². The molecule has 0 fully saturated rings. The first kappa shape index (κ1) is 17.8. The molecule has 1 amide bonds.